The molecule has 1 saturated carbocycles. The summed E-state index contributed by atoms with van der Waals surface area (Å²) in [5.41, 5.74) is 5.11. The van der Waals surface area contributed by atoms with Gasteiger partial charge in [0, 0.05) is 86.6 Å². The first-order valence-electron chi connectivity index (χ1n) is 21.7. The average molecular weight is 871 g/mol. The molecule has 3 aromatic carbocycles. The smallest absolute Gasteiger partial charge is 0.255 e. The molecule has 1 aliphatic carbocycles. The van der Waals surface area contributed by atoms with Gasteiger partial charge in [-0.05, 0) is 99.0 Å². The van der Waals surface area contributed by atoms with Gasteiger partial charge in [0.05, 0.1) is 17.4 Å². The number of nitrogens with one attached hydrogen (secondary N) is 6. The van der Waals surface area contributed by atoms with Gasteiger partial charge >= 0.3 is 0 Å². The molecule has 1 atom stereocenters. The van der Waals surface area contributed by atoms with E-state index >= 15 is 0 Å². The van der Waals surface area contributed by atoms with Gasteiger partial charge in [-0.15, -0.1) is 0 Å². The Labute approximate surface area is 371 Å². The van der Waals surface area contributed by atoms with E-state index < -0.39 is 11.9 Å². The van der Waals surface area contributed by atoms with E-state index in [0.29, 0.717) is 59.0 Å². The third-order valence-corrected chi connectivity index (χ3v) is 12.6. The van der Waals surface area contributed by atoms with Crippen LogP contribution in [0.4, 0.5) is 28.8 Å². The Morgan fingerprint density at radius 1 is 0.889 bits per heavy atom. The number of nitrogens with zero attached hydrogens (tertiary/aromatic N) is 4. The van der Waals surface area contributed by atoms with Crippen LogP contribution in [-0.4, -0.2) is 89.2 Å². The van der Waals surface area contributed by atoms with Gasteiger partial charge in [0.25, 0.3) is 11.8 Å². The number of halogens is 1. The average Bonchev–Trinajstić information content (AvgIpc) is 3.64. The van der Waals surface area contributed by atoms with Crippen LogP contribution in [0.3, 0.4) is 0 Å². The summed E-state index contributed by atoms with van der Waals surface area (Å²) in [7, 11) is 1.58. The van der Waals surface area contributed by atoms with Crippen molar-refractivity contribution in [2.45, 2.75) is 82.5 Å². The number of para-hydroxylation sites is 1. The molecule has 4 aliphatic rings. The molecule has 0 bridgehead atoms. The predicted molar refractivity (Wildman–Crippen MR) is 241 cm³/mol. The molecule has 3 aliphatic heterocycles. The summed E-state index contributed by atoms with van der Waals surface area (Å²) in [6.07, 6.45) is 8.15. The van der Waals surface area contributed by atoms with Crippen molar-refractivity contribution in [1.29, 1.82) is 0 Å². The Morgan fingerprint density at radius 3 is 2.41 bits per heavy atom. The van der Waals surface area contributed by atoms with Gasteiger partial charge in [0.1, 0.15) is 11.1 Å². The third-order valence-electron chi connectivity index (χ3n) is 12.3. The molecule has 8 rings (SSSR count). The molecule has 0 radical (unpaired) electrons. The zero-order valence-electron chi connectivity index (χ0n) is 35.1. The van der Waals surface area contributed by atoms with Crippen LogP contribution in [-0.2, 0) is 20.9 Å². The lowest BCUT2D eigenvalue weighted by atomic mass is 9.89. The van der Waals surface area contributed by atoms with Gasteiger partial charge in [0.2, 0.25) is 23.7 Å². The van der Waals surface area contributed by atoms with Crippen molar-refractivity contribution in [2.75, 3.05) is 42.2 Å². The minimum Gasteiger partial charge on any atom is -0.371 e. The molecule has 1 aromatic heterocycles. The minimum absolute atomic E-state index is 0.00531. The van der Waals surface area contributed by atoms with Gasteiger partial charge in [-0.3, -0.25) is 29.3 Å². The molecule has 326 valence electrons. The largest absolute Gasteiger partial charge is 0.371 e. The fraction of sp³-hybridized carbons (Fsp3) is 0.383. The second-order valence-electron chi connectivity index (χ2n) is 16.4. The number of hydrogen-bond acceptors (Lipinski definition) is 11. The highest BCUT2D eigenvalue weighted by atomic mass is 35.5. The first kappa shape index (κ1) is 43.2. The number of imide groups is 1. The molecule has 6 N–H and O–H groups in total. The van der Waals surface area contributed by atoms with Crippen LogP contribution in [0.25, 0.3) is 0 Å². The highest BCUT2D eigenvalue weighted by Gasteiger charge is 2.39. The van der Waals surface area contributed by atoms with Crippen LogP contribution in [0.2, 0.25) is 5.02 Å². The topological polar surface area (TPSA) is 190 Å². The molecule has 16 heteroatoms. The SMILES string of the molecule is CNC(=O)c1ccccc1Nc1nc(Nc2ccc(N3CCC(C(=O)NC4CCC(NCCC#Cc5cccc6c5CN(C5CCC(=O)NC5=O)C6=O)CC4)CC3)cc2)ncc1Cl. The third kappa shape index (κ3) is 10.2. The van der Waals surface area contributed by atoms with Crippen molar-refractivity contribution in [1.82, 2.24) is 36.1 Å². The second kappa shape index (κ2) is 19.7. The summed E-state index contributed by atoms with van der Waals surface area (Å²) >= 11 is 6.41. The summed E-state index contributed by atoms with van der Waals surface area (Å²) in [6, 6.07) is 20.6. The van der Waals surface area contributed by atoms with Crippen molar-refractivity contribution < 1.29 is 24.0 Å². The predicted octanol–water partition coefficient (Wildman–Crippen LogP) is 5.41. The van der Waals surface area contributed by atoms with E-state index in [9.17, 15) is 24.0 Å². The van der Waals surface area contributed by atoms with Crippen molar-refractivity contribution in [3.63, 3.8) is 0 Å². The molecule has 3 fully saturated rings. The van der Waals surface area contributed by atoms with E-state index in [2.05, 4.69) is 70.7 Å². The number of benzene rings is 3. The fourth-order valence-corrected chi connectivity index (χ4v) is 8.95. The molecule has 5 amide bonds. The lowest BCUT2D eigenvalue weighted by Crippen LogP contribution is -2.52. The van der Waals surface area contributed by atoms with Crippen LogP contribution in [0.15, 0.2) is 72.9 Å². The van der Waals surface area contributed by atoms with Crippen molar-refractivity contribution in [3.05, 3.63) is 100 Å². The van der Waals surface area contributed by atoms with Gasteiger partial charge in [-0.2, -0.15) is 4.98 Å². The Bertz CT molecular complexity index is 2440. The molecule has 63 heavy (non-hydrogen) atoms. The molecule has 4 heterocycles. The van der Waals surface area contributed by atoms with Gasteiger partial charge < -0.3 is 36.4 Å². The zero-order valence-corrected chi connectivity index (χ0v) is 35.9. The van der Waals surface area contributed by atoms with E-state index in [0.717, 1.165) is 80.7 Å². The van der Waals surface area contributed by atoms with Crippen LogP contribution < -0.4 is 36.8 Å². The maximum atomic E-state index is 13.3. The van der Waals surface area contributed by atoms with Crippen molar-refractivity contribution in [3.8, 4) is 11.8 Å². The molecular weight excluding hydrogens is 820 g/mol. The Balaban J connectivity index is 0.737. The number of carbonyl (C=O) groups is 5. The summed E-state index contributed by atoms with van der Waals surface area (Å²) in [5.74, 6) is 6.22. The highest BCUT2D eigenvalue weighted by Crippen LogP contribution is 2.31. The quantitative estimate of drug-likeness (QED) is 0.0607. The highest BCUT2D eigenvalue weighted by molar-refractivity contribution is 6.33. The molecule has 2 saturated heterocycles. The Kier molecular flexibility index (Phi) is 13.5. The van der Waals surface area contributed by atoms with E-state index in [1.165, 1.54) is 6.20 Å². The first-order chi connectivity index (χ1) is 30.6. The molecular formula is C47H51ClN10O5. The van der Waals surface area contributed by atoms with E-state index in [4.69, 9.17) is 11.6 Å². The molecule has 1 unspecified atom stereocenters. The van der Waals surface area contributed by atoms with Gasteiger partial charge in [-0.1, -0.05) is 41.6 Å². The van der Waals surface area contributed by atoms with Crippen LogP contribution >= 0.6 is 11.6 Å². The first-order valence-corrected chi connectivity index (χ1v) is 22.0. The molecule has 4 aromatic rings. The van der Waals surface area contributed by atoms with Crippen LogP contribution in [0.5, 0.6) is 0 Å². The number of rotatable bonds is 12. The number of piperidine rings is 2. The lowest BCUT2D eigenvalue weighted by molar-refractivity contribution is -0.137. The molecule has 15 nitrogen and oxygen atoms in total. The fourth-order valence-electron chi connectivity index (χ4n) is 8.81. The Morgan fingerprint density at radius 2 is 1.65 bits per heavy atom. The summed E-state index contributed by atoms with van der Waals surface area (Å²) < 4.78 is 0. The van der Waals surface area contributed by atoms with Gasteiger partial charge in [0.15, 0.2) is 5.82 Å². The monoisotopic (exact) mass is 870 g/mol. The number of anilines is 5. The number of aromatic nitrogens is 2. The normalized spacial score (nSPS) is 20.0. The summed E-state index contributed by atoms with van der Waals surface area (Å²) in [4.78, 5) is 75.6. The lowest BCUT2D eigenvalue weighted by Gasteiger charge is -2.35. The van der Waals surface area contributed by atoms with Crippen LogP contribution in [0, 0.1) is 17.8 Å². The van der Waals surface area contributed by atoms with Crippen molar-refractivity contribution in [2.24, 2.45) is 5.92 Å². The van der Waals surface area contributed by atoms with E-state index in [1.807, 2.05) is 30.3 Å². The summed E-state index contributed by atoms with van der Waals surface area (Å²) in [5, 5.41) is 18.7. The standard InChI is InChI=1S/C47H51ClN10O5/c1-49-44(61)36-9-2-3-11-39(36)54-42-38(48)27-51-47(56-42)53-33-16-18-34(19-17-33)57-25-22-30(23-26-57)43(60)52-32-14-12-31(13-15-32)50-24-5-4-7-29-8-6-10-35-37(29)28-58(46(35)63)40-20-21-41(59)55-45(40)62/h2-3,6,8-11,16-19,27,30-32,40,50H,5,12-15,20-26,28H2,1H3,(H,49,61)(H,52,60)(H,55,59,62)(H2,51,53,54,56). The maximum Gasteiger partial charge on any atom is 0.255 e. The Hall–Kier alpha value is -6.50. The number of hydrogen-bond donors (Lipinski definition) is 6. The number of carbonyl (C=O) groups excluding carboxylic acids is 5. The van der Waals surface area contributed by atoms with Crippen molar-refractivity contribution >= 4 is 70.0 Å². The molecule has 0 spiro atoms. The zero-order chi connectivity index (χ0) is 43.9. The minimum atomic E-state index is -0.649. The number of amides is 5. The summed E-state index contributed by atoms with van der Waals surface area (Å²) in [6.45, 7) is 2.64. The second-order valence-corrected chi connectivity index (χ2v) is 16.8. The van der Waals surface area contributed by atoms with Gasteiger partial charge in [-0.25, -0.2) is 4.98 Å². The maximum absolute atomic E-state index is 13.3. The number of fused-ring (bicyclic) bond motifs is 1. The van der Waals surface area contributed by atoms with Crippen LogP contribution in [0.1, 0.15) is 89.6 Å². The van der Waals surface area contributed by atoms with E-state index in [-0.39, 0.29) is 42.0 Å². The van der Waals surface area contributed by atoms with E-state index in [1.54, 1.807) is 36.2 Å².